The van der Waals surface area contributed by atoms with E-state index in [-0.39, 0.29) is 24.0 Å². The lowest BCUT2D eigenvalue weighted by atomic mass is 9.75. The molecule has 0 unspecified atom stereocenters. The van der Waals surface area contributed by atoms with Crippen molar-refractivity contribution in [1.29, 1.82) is 0 Å². The molecule has 0 saturated heterocycles. The molecule has 1 saturated carbocycles. The number of hydrogen-bond donors (Lipinski definition) is 2. The fourth-order valence-electron chi connectivity index (χ4n) is 3.50. The Morgan fingerprint density at radius 1 is 1.32 bits per heavy atom. The van der Waals surface area contributed by atoms with Gasteiger partial charge >= 0.3 is 0 Å². The summed E-state index contributed by atoms with van der Waals surface area (Å²) in [4.78, 5) is 17.3. The van der Waals surface area contributed by atoms with E-state index in [4.69, 9.17) is 0 Å². The maximum Gasteiger partial charge on any atom is 0.252 e. The average molecular weight is 336 g/mol. The number of pyridine rings is 1. The van der Waals surface area contributed by atoms with Gasteiger partial charge in [-0.15, -0.1) is 0 Å². The van der Waals surface area contributed by atoms with Gasteiger partial charge in [-0.25, -0.2) is 0 Å². The largest absolute Gasteiger partial charge is 0.393 e. The molecule has 6 heteroatoms. The van der Waals surface area contributed by atoms with Gasteiger partial charge in [0.1, 0.15) is 0 Å². The number of aliphatic hydroxyl groups is 1. The molecule has 6 nitrogen and oxygen atoms in total. The second kappa shape index (κ2) is 6.29. The Morgan fingerprint density at radius 2 is 2.16 bits per heavy atom. The quantitative estimate of drug-likeness (QED) is 0.765. The zero-order valence-electron chi connectivity index (χ0n) is 14.0. The predicted molar refractivity (Wildman–Crippen MR) is 93.9 cm³/mol. The Labute approximate surface area is 145 Å². The van der Waals surface area contributed by atoms with Crippen molar-refractivity contribution >= 4 is 16.8 Å². The van der Waals surface area contributed by atoms with Crippen molar-refractivity contribution < 1.29 is 9.90 Å². The van der Waals surface area contributed by atoms with Crippen LogP contribution in [-0.4, -0.2) is 31.9 Å². The molecule has 25 heavy (non-hydrogen) atoms. The molecule has 1 fully saturated rings. The molecule has 0 radical (unpaired) electrons. The number of carbonyl (C=O) groups is 1. The third kappa shape index (κ3) is 3.00. The van der Waals surface area contributed by atoms with Crippen LogP contribution in [0.25, 0.3) is 10.9 Å². The minimum Gasteiger partial charge on any atom is -0.393 e. The summed E-state index contributed by atoms with van der Waals surface area (Å²) in [7, 11) is 1.86. The number of aryl methyl sites for hydroxylation is 1. The van der Waals surface area contributed by atoms with Crippen molar-refractivity contribution in [2.75, 3.05) is 0 Å². The topological polar surface area (TPSA) is 80.0 Å². The van der Waals surface area contributed by atoms with Gasteiger partial charge in [-0.3, -0.25) is 14.5 Å². The zero-order valence-corrected chi connectivity index (χ0v) is 14.0. The van der Waals surface area contributed by atoms with Gasteiger partial charge in [0.05, 0.1) is 23.9 Å². The van der Waals surface area contributed by atoms with E-state index in [1.807, 2.05) is 43.6 Å². The van der Waals surface area contributed by atoms with E-state index in [2.05, 4.69) is 15.4 Å². The van der Waals surface area contributed by atoms with E-state index in [1.165, 1.54) is 0 Å². The molecular formula is C19H20N4O2. The van der Waals surface area contributed by atoms with Crippen LogP contribution in [0, 0.1) is 5.92 Å². The van der Waals surface area contributed by atoms with Crippen molar-refractivity contribution in [2.24, 2.45) is 13.0 Å². The Bertz CT molecular complexity index is 909. The molecule has 128 valence electrons. The lowest BCUT2D eigenvalue weighted by Gasteiger charge is -2.37. The van der Waals surface area contributed by atoms with Gasteiger partial charge < -0.3 is 10.4 Å². The zero-order chi connectivity index (χ0) is 17.4. The van der Waals surface area contributed by atoms with Gasteiger partial charge in [-0.2, -0.15) is 5.10 Å². The molecule has 1 amide bonds. The monoisotopic (exact) mass is 336 g/mol. The first kappa shape index (κ1) is 15.8. The van der Waals surface area contributed by atoms with Crippen LogP contribution in [0.3, 0.4) is 0 Å². The normalized spacial score (nSPS) is 20.9. The fourth-order valence-corrected chi connectivity index (χ4v) is 3.50. The number of carbonyl (C=O) groups excluding carboxylic acids is 1. The number of rotatable bonds is 4. The van der Waals surface area contributed by atoms with Crippen LogP contribution in [0.5, 0.6) is 0 Å². The molecule has 0 aliphatic heterocycles. The molecule has 0 bridgehead atoms. The summed E-state index contributed by atoms with van der Waals surface area (Å²) >= 11 is 0. The molecule has 0 spiro atoms. The number of nitrogens with one attached hydrogen (secondary N) is 1. The second-order valence-electron chi connectivity index (χ2n) is 6.66. The molecule has 1 atom stereocenters. The van der Waals surface area contributed by atoms with Crippen LogP contribution in [0.2, 0.25) is 0 Å². The Balaban J connectivity index is 1.64. The fraction of sp³-hybridized carbons (Fsp3) is 0.316. The standard InChI is InChI=1S/C19H20N4O2/c1-23-11-13(10-21-23)18(12-8-14(24)9-12)22-19(25)16-4-2-6-17-15(16)5-3-7-20-17/h2-7,10-12,14,18,24H,8-9H2,1H3,(H,22,25)/t12?,14?,18-/m0/s1. The Morgan fingerprint density at radius 3 is 2.88 bits per heavy atom. The van der Waals surface area contributed by atoms with E-state index in [0.717, 1.165) is 16.5 Å². The first-order chi connectivity index (χ1) is 12.1. The summed E-state index contributed by atoms with van der Waals surface area (Å²) in [6.07, 6.45) is 6.52. The van der Waals surface area contributed by atoms with E-state index in [1.54, 1.807) is 17.1 Å². The first-order valence-corrected chi connectivity index (χ1v) is 8.43. The lowest BCUT2D eigenvalue weighted by molar-refractivity contribution is 0.0235. The minimum absolute atomic E-state index is 0.131. The van der Waals surface area contributed by atoms with Gasteiger partial charge in [0, 0.05) is 36.0 Å². The summed E-state index contributed by atoms with van der Waals surface area (Å²) in [5.74, 6) is 0.0881. The summed E-state index contributed by atoms with van der Waals surface area (Å²) in [6, 6.07) is 9.14. The van der Waals surface area contributed by atoms with Gasteiger partial charge in [-0.05, 0) is 37.0 Å². The van der Waals surface area contributed by atoms with Crippen LogP contribution in [0.4, 0.5) is 0 Å². The lowest BCUT2D eigenvalue weighted by Crippen LogP contribution is -2.41. The number of amides is 1. The smallest absolute Gasteiger partial charge is 0.252 e. The third-order valence-electron chi connectivity index (χ3n) is 4.88. The maximum atomic E-state index is 12.9. The molecule has 2 N–H and O–H groups in total. The van der Waals surface area contributed by atoms with Crippen molar-refractivity contribution in [3.8, 4) is 0 Å². The molecular weight excluding hydrogens is 316 g/mol. The highest BCUT2D eigenvalue weighted by Crippen LogP contribution is 2.38. The SMILES string of the molecule is Cn1cc([C@@H](NC(=O)c2cccc3ncccc23)C2CC(O)C2)cn1. The first-order valence-electron chi connectivity index (χ1n) is 8.43. The van der Waals surface area contributed by atoms with E-state index in [0.29, 0.717) is 18.4 Å². The van der Waals surface area contributed by atoms with Gasteiger partial charge in [0.15, 0.2) is 0 Å². The molecule has 4 rings (SSSR count). The van der Waals surface area contributed by atoms with Crippen LogP contribution in [0.15, 0.2) is 48.9 Å². The Hall–Kier alpha value is -2.73. The number of nitrogens with zero attached hydrogens (tertiary/aromatic N) is 3. The van der Waals surface area contributed by atoms with Crippen molar-refractivity contribution in [1.82, 2.24) is 20.1 Å². The average Bonchev–Trinajstić information content (AvgIpc) is 3.02. The van der Waals surface area contributed by atoms with Gasteiger partial charge in [0.25, 0.3) is 5.91 Å². The molecule has 1 aliphatic rings. The summed E-state index contributed by atoms with van der Waals surface area (Å²) in [5, 5.41) is 17.9. The number of benzene rings is 1. The Kier molecular flexibility index (Phi) is 3.97. The highest BCUT2D eigenvalue weighted by Gasteiger charge is 2.36. The third-order valence-corrected chi connectivity index (χ3v) is 4.88. The number of aliphatic hydroxyl groups excluding tert-OH is 1. The summed E-state index contributed by atoms with van der Waals surface area (Å²) < 4.78 is 1.73. The van der Waals surface area contributed by atoms with Crippen molar-refractivity contribution in [3.05, 3.63) is 60.0 Å². The van der Waals surface area contributed by atoms with Gasteiger partial charge in [-0.1, -0.05) is 12.1 Å². The van der Waals surface area contributed by atoms with E-state index in [9.17, 15) is 9.90 Å². The van der Waals surface area contributed by atoms with E-state index >= 15 is 0 Å². The predicted octanol–water partition coefficient (Wildman–Crippen LogP) is 2.21. The molecule has 1 aromatic carbocycles. The van der Waals surface area contributed by atoms with Crippen LogP contribution in [-0.2, 0) is 7.05 Å². The summed E-state index contributed by atoms with van der Waals surface area (Å²) in [5.41, 5.74) is 2.37. The summed E-state index contributed by atoms with van der Waals surface area (Å²) in [6.45, 7) is 0. The second-order valence-corrected chi connectivity index (χ2v) is 6.66. The van der Waals surface area contributed by atoms with Crippen LogP contribution < -0.4 is 5.32 Å². The number of aromatic nitrogens is 3. The molecule has 1 aliphatic carbocycles. The van der Waals surface area contributed by atoms with Gasteiger partial charge in [0.2, 0.25) is 0 Å². The van der Waals surface area contributed by atoms with Crippen LogP contribution >= 0.6 is 0 Å². The molecule has 3 aromatic rings. The van der Waals surface area contributed by atoms with Crippen LogP contribution in [0.1, 0.15) is 34.8 Å². The molecule has 2 heterocycles. The number of hydrogen-bond acceptors (Lipinski definition) is 4. The maximum absolute atomic E-state index is 12.9. The number of fused-ring (bicyclic) bond motifs is 1. The molecule has 2 aromatic heterocycles. The van der Waals surface area contributed by atoms with E-state index < -0.39 is 0 Å². The highest BCUT2D eigenvalue weighted by molar-refractivity contribution is 6.06. The van der Waals surface area contributed by atoms with Crippen molar-refractivity contribution in [2.45, 2.75) is 25.0 Å². The highest BCUT2D eigenvalue weighted by atomic mass is 16.3. The minimum atomic E-state index is -0.275. The van der Waals surface area contributed by atoms with Crippen molar-refractivity contribution in [3.63, 3.8) is 0 Å².